The molecule has 2 aromatic heterocycles. The Kier molecular flexibility index (Phi) is 3.53. The highest BCUT2D eigenvalue weighted by molar-refractivity contribution is 5.80. The lowest BCUT2D eigenvalue weighted by Crippen LogP contribution is -2.43. The van der Waals surface area contributed by atoms with E-state index in [0.717, 1.165) is 36.7 Å². The number of rotatable bonds is 3. The van der Waals surface area contributed by atoms with Gasteiger partial charge in [0.05, 0.1) is 13.2 Å². The van der Waals surface area contributed by atoms with E-state index in [0.29, 0.717) is 25.7 Å². The Balaban J connectivity index is 1.44. The summed E-state index contributed by atoms with van der Waals surface area (Å²) < 4.78 is 13.3. The number of esters is 1. The zero-order valence-electron chi connectivity index (χ0n) is 16.0. The summed E-state index contributed by atoms with van der Waals surface area (Å²) in [4.78, 5) is 15.2. The number of fused-ring (bicyclic) bond motifs is 2. The molecule has 1 saturated carbocycles. The molecule has 2 atom stereocenters. The Labute approximate surface area is 157 Å². The lowest BCUT2D eigenvalue weighted by molar-refractivity contribution is -0.167. The third-order valence-corrected chi connectivity index (χ3v) is 5.72. The van der Waals surface area contributed by atoms with Crippen LogP contribution in [0.2, 0.25) is 0 Å². The van der Waals surface area contributed by atoms with Crippen LogP contribution in [0.3, 0.4) is 0 Å². The molecule has 144 valence electrons. The first-order chi connectivity index (χ1) is 12.9. The van der Waals surface area contributed by atoms with Gasteiger partial charge in [-0.05, 0) is 45.7 Å². The van der Waals surface area contributed by atoms with Crippen LogP contribution < -0.4 is 4.90 Å². The van der Waals surface area contributed by atoms with Gasteiger partial charge in [0.15, 0.2) is 11.5 Å². The molecular weight excluding hydrogens is 346 g/mol. The Hall–Kier alpha value is -2.22. The number of aromatic nitrogens is 4. The monoisotopic (exact) mass is 371 g/mol. The van der Waals surface area contributed by atoms with Crippen LogP contribution in [0.4, 0.5) is 5.82 Å². The SMILES string of the molecule is CC(C)(C)OC(=O)[C@]12COC[C@H]1CN(c1ccc3nnc(C4CC4)n3n1)C2. The highest BCUT2D eigenvalue weighted by atomic mass is 16.6. The average molecular weight is 371 g/mol. The van der Waals surface area contributed by atoms with Gasteiger partial charge in [-0.2, -0.15) is 4.52 Å². The van der Waals surface area contributed by atoms with Crippen molar-refractivity contribution in [2.45, 2.75) is 45.1 Å². The molecule has 2 aromatic rings. The lowest BCUT2D eigenvalue weighted by Gasteiger charge is -2.29. The zero-order valence-corrected chi connectivity index (χ0v) is 16.0. The van der Waals surface area contributed by atoms with Gasteiger partial charge >= 0.3 is 5.97 Å². The van der Waals surface area contributed by atoms with Crippen molar-refractivity contribution in [3.8, 4) is 0 Å². The second kappa shape index (κ2) is 5.64. The number of carbonyl (C=O) groups excluding carboxylic acids is 1. The molecule has 0 N–H and O–H groups in total. The van der Waals surface area contributed by atoms with Crippen LogP contribution in [0.1, 0.15) is 45.4 Å². The summed E-state index contributed by atoms with van der Waals surface area (Å²) in [5.74, 6) is 2.22. The molecular formula is C19H25N5O3. The first-order valence-electron chi connectivity index (χ1n) is 9.64. The van der Waals surface area contributed by atoms with Crippen molar-refractivity contribution in [3.63, 3.8) is 0 Å². The molecule has 0 aromatic carbocycles. The number of hydrogen-bond donors (Lipinski definition) is 0. The maximum Gasteiger partial charge on any atom is 0.317 e. The second-order valence-corrected chi connectivity index (χ2v) is 9.04. The highest BCUT2D eigenvalue weighted by Gasteiger charge is 2.58. The van der Waals surface area contributed by atoms with Crippen LogP contribution in [0, 0.1) is 11.3 Å². The highest BCUT2D eigenvalue weighted by Crippen LogP contribution is 2.44. The van der Waals surface area contributed by atoms with Crippen LogP contribution in [0.25, 0.3) is 5.65 Å². The number of hydrogen-bond acceptors (Lipinski definition) is 7. The molecule has 3 fully saturated rings. The summed E-state index contributed by atoms with van der Waals surface area (Å²) in [6, 6.07) is 3.91. The molecule has 27 heavy (non-hydrogen) atoms. The quantitative estimate of drug-likeness (QED) is 0.761. The molecule has 8 heteroatoms. The standard InChI is InChI=1S/C19H25N5O3/c1-18(2,3)27-17(25)19-10-23(8-13(19)9-26-11-19)15-7-6-14-20-21-16(12-4-5-12)24(14)22-15/h6-7,12-13H,4-5,8-11H2,1-3H3/t13-,19-/m1/s1. The topological polar surface area (TPSA) is 81.9 Å². The largest absolute Gasteiger partial charge is 0.459 e. The molecule has 0 spiro atoms. The van der Waals surface area contributed by atoms with Gasteiger partial charge in [0.1, 0.15) is 16.8 Å². The van der Waals surface area contributed by atoms with E-state index in [2.05, 4.69) is 15.1 Å². The van der Waals surface area contributed by atoms with E-state index < -0.39 is 11.0 Å². The van der Waals surface area contributed by atoms with Crippen LogP contribution >= 0.6 is 0 Å². The Morgan fingerprint density at radius 3 is 2.85 bits per heavy atom. The van der Waals surface area contributed by atoms with Gasteiger partial charge in [0, 0.05) is 24.9 Å². The number of ether oxygens (including phenoxy) is 2. The fourth-order valence-electron chi connectivity index (χ4n) is 4.14. The van der Waals surface area contributed by atoms with Gasteiger partial charge in [0.25, 0.3) is 0 Å². The van der Waals surface area contributed by atoms with E-state index in [9.17, 15) is 4.79 Å². The van der Waals surface area contributed by atoms with Crippen molar-refractivity contribution in [1.29, 1.82) is 0 Å². The predicted octanol–water partition coefficient (Wildman–Crippen LogP) is 1.80. The molecule has 3 aliphatic rings. The normalized spacial score (nSPS) is 28.0. The van der Waals surface area contributed by atoms with E-state index in [1.165, 1.54) is 0 Å². The average Bonchev–Trinajstić information content (AvgIpc) is 3.06. The fraction of sp³-hybridized carbons (Fsp3) is 0.684. The Morgan fingerprint density at radius 1 is 1.30 bits per heavy atom. The van der Waals surface area contributed by atoms with Crippen LogP contribution in [-0.2, 0) is 14.3 Å². The van der Waals surface area contributed by atoms with Gasteiger partial charge in [-0.3, -0.25) is 4.79 Å². The molecule has 5 rings (SSSR count). The fourth-order valence-corrected chi connectivity index (χ4v) is 4.14. The molecule has 0 radical (unpaired) electrons. The second-order valence-electron chi connectivity index (χ2n) is 9.04. The summed E-state index contributed by atoms with van der Waals surface area (Å²) in [7, 11) is 0. The number of anilines is 1. The molecule has 4 heterocycles. The van der Waals surface area contributed by atoms with Gasteiger partial charge in [-0.25, -0.2) is 0 Å². The van der Waals surface area contributed by atoms with Crippen molar-refractivity contribution in [1.82, 2.24) is 19.8 Å². The van der Waals surface area contributed by atoms with Crippen molar-refractivity contribution in [3.05, 3.63) is 18.0 Å². The molecule has 0 unspecified atom stereocenters. The number of nitrogens with zero attached hydrogens (tertiary/aromatic N) is 5. The summed E-state index contributed by atoms with van der Waals surface area (Å²) in [6.45, 7) is 7.99. The van der Waals surface area contributed by atoms with Crippen molar-refractivity contribution < 1.29 is 14.3 Å². The molecule has 2 aliphatic heterocycles. The summed E-state index contributed by atoms with van der Waals surface area (Å²) in [5, 5.41) is 13.3. The molecule has 0 amide bonds. The lowest BCUT2D eigenvalue weighted by atomic mass is 9.81. The van der Waals surface area contributed by atoms with Gasteiger partial charge < -0.3 is 14.4 Å². The van der Waals surface area contributed by atoms with Gasteiger partial charge in [0.2, 0.25) is 0 Å². The van der Waals surface area contributed by atoms with E-state index in [1.807, 2.05) is 37.4 Å². The van der Waals surface area contributed by atoms with Crippen LogP contribution in [0.5, 0.6) is 0 Å². The minimum Gasteiger partial charge on any atom is -0.459 e. The van der Waals surface area contributed by atoms with Gasteiger partial charge in [-0.15, -0.1) is 15.3 Å². The Bertz CT molecular complexity index is 900. The molecule has 2 saturated heterocycles. The van der Waals surface area contributed by atoms with E-state index in [4.69, 9.17) is 14.6 Å². The van der Waals surface area contributed by atoms with Crippen molar-refractivity contribution >= 4 is 17.4 Å². The van der Waals surface area contributed by atoms with E-state index in [-0.39, 0.29) is 11.9 Å². The summed E-state index contributed by atoms with van der Waals surface area (Å²) in [5.41, 5.74) is -0.355. The smallest absolute Gasteiger partial charge is 0.317 e. The van der Waals surface area contributed by atoms with Crippen LogP contribution in [-0.4, -0.2) is 57.7 Å². The van der Waals surface area contributed by atoms with Crippen LogP contribution in [0.15, 0.2) is 12.1 Å². The van der Waals surface area contributed by atoms with Crippen molar-refractivity contribution in [2.75, 3.05) is 31.2 Å². The summed E-state index contributed by atoms with van der Waals surface area (Å²) >= 11 is 0. The minimum absolute atomic E-state index is 0.119. The summed E-state index contributed by atoms with van der Waals surface area (Å²) in [6.07, 6.45) is 2.30. The zero-order chi connectivity index (χ0) is 18.8. The van der Waals surface area contributed by atoms with E-state index in [1.54, 1.807) is 0 Å². The third-order valence-electron chi connectivity index (χ3n) is 5.72. The first-order valence-corrected chi connectivity index (χ1v) is 9.64. The Morgan fingerprint density at radius 2 is 2.11 bits per heavy atom. The predicted molar refractivity (Wildman–Crippen MR) is 97.6 cm³/mol. The minimum atomic E-state index is -0.615. The molecule has 0 bridgehead atoms. The molecule has 8 nitrogen and oxygen atoms in total. The van der Waals surface area contributed by atoms with E-state index >= 15 is 0 Å². The number of carbonyl (C=O) groups is 1. The van der Waals surface area contributed by atoms with Gasteiger partial charge in [-0.1, -0.05) is 0 Å². The maximum absolute atomic E-state index is 13.0. The first kappa shape index (κ1) is 16.9. The van der Waals surface area contributed by atoms with Crippen molar-refractivity contribution in [2.24, 2.45) is 11.3 Å². The maximum atomic E-state index is 13.0. The molecule has 1 aliphatic carbocycles. The third kappa shape index (κ3) is 2.77.